The van der Waals surface area contributed by atoms with Gasteiger partial charge in [0.25, 0.3) is 0 Å². The Balaban J connectivity index is 2.07. The second-order valence-corrected chi connectivity index (χ2v) is 5.24. The Bertz CT molecular complexity index is 574. The molecule has 0 saturated carbocycles. The first-order valence-electron chi connectivity index (χ1n) is 6.93. The number of methoxy groups -OCH3 is 1. The van der Waals surface area contributed by atoms with Gasteiger partial charge >= 0.3 is 0 Å². The largest absolute Gasteiger partial charge is 0.460 e. The van der Waals surface area contributed by atoms with Crippen molar-refractivity contribution in [1.29, 1.82) is 0 Å². The Morgan fingerprint density at radius 3 is 2.81 bits per heavy atom. The van der Waals surface area contributed by atoms with Crippen molar-refractivity contribution in [1.82, 2.24) is 4.90 Å². The zero-order valence-electron chi connectivity index (χ0n) is 12.6. The fourth-order valence-electron chi connectivity index (χ4n) is 2.32. The number of carbonyl (C=O) groups is 1. The number of amides is 1. The summed E-state index contributed by atoms with van der Waals surface area (Å²) in [5, 5.41) is 10.7. The lowest BCUT2D eigenvalue weighted by Gasteiger charge is -2.22. The highest BCUT2D eigenvalue weighted by molar-refractivity contribution is 5.85. The third-order valence-corrected chi connectivity index (χ3v) is 3.46. The predicted octanol–water partition coefficient (Wildman–Crippen LogP) is 2.00. The summed E-state index contributed by atoms with van der Waals surface area (Å²) >= 11 is 0. The Hall–Kier alpha value is -1.85. The van der Waals surface area contributed by atoms with Crippen LogP contribution >= 0.6 is 0 Å². The number of fused-ring (bicyclic) bond motifs is 1. The van der Waals surface area contributed by atoms with Gasteiger partial charge in [0, 0.05) is 26.1 Å². The highest BCUT2D eigenvalue weighted by Crippen LogP contribution is 2.26. The van der Waals surface area contributed by atoms with Crippen molar-refractivity contribution in [2.45, 2.75) is 18.9 Å². The zero-order valence-corrected chi connectivity index (χ0v) is 12.6. The van der Waals surface area contributed by atoms with E-state index in [0.717, 1.165) is 11.0 Å². The molecule has 0 aliphatic rings. The molecular formula is C16H21NO4. The van der Waals surface area contributed by atoms with Crippen LogP contribution in [0, 0.1) is 0 Å². The number of furan rings is 1. The maximum Gasteiger partial charge on any atom is 0.232 e. The van der Waals surface area contributed by atoms with Crippen molar-refractivity contribution < 1.29 is 19.1 Å². The van der Waals surface area contributed by atoms with Gasteiger partial charge in [-0.2, -0.15) is 0 Å². The maximum atomic E-state index is 12.4. The lowest BCUT2D eigenvalue weighted by atomic mass is 10.1. The number of benzene rings is 1. The van der Waals surface area contributed by atoms with E-state index < -0.39 is 12.0 Å². The van der Waals surface area contributed by atoms with Crippen molar-refractivity contribution in [3.05, 3.63) is 36.1 Å². The molecule has 2 unspecified atom stereocenters. The number of aliphatic hydroxyl groups is 1. The number of para-hydroxylation sites is 1. The number of likely N-dealkylation sites (N-methyl/N-ethyl adjacent to an activating group) is 1. The third kappa shape index (κ3) is 3.62. The monoisotopic (exact) mass is 291 g/mol. The molecule has 1 aromatic heterocycles. The first kappa shape index (κ1) is 15.5. The lowest BCUT2D eigenvalue weighted by Crippen LogP contribution is -2.38. The summed E-state index contributed by atoms with van der Waals surface area (Å²) in [5.74, 6) is 0.149. The molecule has 21 heavy (non-hydrogen) atoms. The van der Waals surface area contributed by atoms with Gasteiger partial charge in [0.1, 0.15) is 11.3 Å². The molecule has 0 spiro atoms. The van der Waals surface area contributed by atoms with Crippen LogP contribution in [-0.4, -0.2) is 49.3 Å². The first-order valence-corrected chi connectivity index (χ1v) is 6.93. The van der Waals surface area contributed by atoms with Gasteiger partial charge in [-0.1, -0.05) is 18.2 Å². The quantitative estimate of drug-likeness (QED) is 0.884. The number of nitrogens with zero attached hydrogens (tertiary/aromatic N) is 1. The summed E-state index contributed by atoms with van der Waals surface area (Å²) in [5.41, 5.74) is 0.772. The van der Waals surface area contributed by atoms with Crippen LogP contribution in [0.3, 0.4) is 0 Å². The molecular weight excluding hydrogens is 270 g/mol. The van der Waals surface area contributed by atoms with E-state index in [9.17, 15) is 9.90 Å². The van der Waals surface area contributed by atoms with E-state index in [1.165, 1.54) is 12.0 Å². The van der Waals surface area contributed by atoms with Crippen LogP contribution in [0.1, 0.15) is 18.6 Å². The number of rotatable bonds is 6. The van der Waals surface area contributed by atoms with Crippen LogP contribution in [-0.2, 0) is 9.53 Å². The second kappa shape index (κ2) is 6.74. The van der Waals surface area contributed by atoms with Gasteiger partial charge in [-0.25, -0.2) is 0 Å². The van der Waals surface area contributed by atoms with E-state index in [4.69, 9.17) is 9.15 Å². The van der Waals surface area contributed by atoms with Gasteiger partial charge < -0.3 is 19.2 Å². The minimum absolute atomic E-state index is 0.0933. The van der Waals surface area contributed by atoms with Crippen LogP contribution in [0.4, 0.5) is 0 Å². The minimum Gasteiger partial charge on any atom is -0.460 e. The molecule has 5 heteroatoms. The fourth-order valence-corrected chi connectivity index (χ4v) is 2.32. The Labute approximate surface area is 124 Å². The van der Waals surface area contributed by atoms with Crippen LogP contribution in [0.5, 0.6) is 0 Å². The van der Waals surface area contributed by atoms with Crippen molar-refractivity contribution in [3.8, 4) is 0 Å². The van der Waals surface area contributed by atoms with Crippen LogP contribution < -0.4 is 0 Å². The molecule has 2 rings (SSSR count). The van der Waals surface area contributed by atoms with E-state index in [1.807, 2.05) is 30.3 Å². The summed E-state index contributed by atoms with van der Waals surface area (Å²) in [6.45, 7) is 2.24. The molecule has 5 nitrogen and oxygen atoms in total. The van der Waals surface area contributed by atoms with E-state index in [2.05, 4.69) is 0 Å². The van der Waals surface area contributed by atoms with E-state index in [-0.39, 0.29) is 19.1 Å². The normalized spacial score (nSPS) is 14.1. The number of ether oxygens (including phenoxy) is 1. The predicted molar refractivity (Wildman–Crippen MR) is 80.1 cm³/mol. The maximum absolute atomic E-state index is 12.4. The van der Waals surface area contributed by atoms with Gasteiger partial charge in [-0.3, -0.25) is 4.79 Å². The van der Waals surface area contributed by atoms with Crippen molar-refractivity contribution in [2.24, 2.45) is 0 Å². The van der Waals surface area contributed by atoms with Gasteiger partial charge in [-0.05, 0) is 19.1 Å². The van der Waals surface area contributed by atoms with Gasteiger partial charge in [-0.15, -0.1) is 0 Å². The molecule has 0 aliphatic heterocycles. The van der Waals surface area contributed by atoms with Crippen molar-refractivity contribution in [3.63, 3.8) is 0 Å². The molecule has 114 valence electrons. The zero-order chi connectivity index (χ0) is 15.4. The van der Waals surface area contributed by atoms with Gasteiger partial charge in [0.05, 0.1) is 18.6 Å². The molecule has 2 aromatic rings. The summed E-state index contributed by atoms with van der Waals surface area (Å²) in [4.78, 5) is 13.9. The average molecular weight is 291 g/mol. The lowest BCUT2D eigenvalue weighted by molar-refractivity contribution is -0.133. The summed E-state index contributed by atoms with van der Waals surface area (Å²) in [6.07, 6.45) is -0.688. The molecule has 0 aliphatic carbocycles. The molecule has 0 saturated heterocycles. The first-order chi connectivity index (χ1) is 10.0. The fraction of sp³-hybridized carbons (Fsp3) is 0.438. The average Bonchev–Trinajstić information content (AvgIpc) is 2.89. The molecule has 0 radical (unpaired) electrons. The standard InChI is InChI=1S/C16H21NO4/c1-11(16(19)17(2)9-13(18)10-20-3)15-8-12-6-4-5-7-14(12)21-15/h4-8,11,13,18H,9-10H2,1-3H3. The highest BCUT2D eigenvalue weighted by atomic mass is 16.5. The Morgan fingerprint density at radius 2 is 2.14 bits per heavy atom. The third-order valence-electron chi connectivity index (χ3n) is 3.46. The Morgan fingerprint density at radius 1 is 1.43 bits per heavy atom. The number of carbonyl (C=O) groups excluding carboxylic acids is 1. The molecule has 1 N–H and O–H groups in total. The number of hydrogen-bond acceptors (Lipinski definition) is 4. The van der Waals surface area contributed by atoms with Crippen LogP contribution in [0.2, 0.25) is 0 Å². The van der Waals surface area contributed by atoms with Crippen LogP contribution in [0.25, 0.3) is 11.0 Å². The Kier molecular flexibility index (Phi) is 4.98. The summed E-state index contributed by atoms with van der Waals surface area (Å²) < 4.78 is 10.6. The molecule has 1 heterocycles. The SMILES string of the molecule is COCC(O)CN(C)C(=O)C(C)c1cc2ccccc2o1. The van der Waals surface area contributed by atoms with E-state index >= 15 is 0 Å². The molecule has 0 bridgehead atoms. The molecule has 1 amide bonds. The minimum atomic E-state index is -0.688. The summed E-state index contributed by atoms with van der Waals surface area (Å²) in [6, 6.07) is 9.54. The van der Waals surface area contributed by atoms with E-state index in [1.54, 1.807) is 14.0 Å². The van der Waals surface area contributed by atoms with Gasteiger partial charge in [0.15, 0.2) is 0 Å². The van der Waals surface area contributed by atoms with E-state index in [0.29, 0.717) is 5.76 Å². The van der Waals surface area contributed by atoms with Crippen molar-refractivity contribution >= 4 is 16.9 Å². The smallest absolute Gasteiger partial charge is 0.232 e. The highest BCUT2D eigenvalue weighted by Gasteiger charge is 2.24. The van der Waals surface area contributed by atoms with Crippen LogP contribution in [0.15, 0.2) is 34.7 Å². The second-order valence-electron chi connectivity index (χ2n) is 5.24. The molecule has 2 atom stereocenters. The molecule has 1 aromatic carbocycles. The topological polar surface area (TPSA) is 62.9 Å². The van der Waals surface area contributed by atoms with Crippen molar-refractivity contribution in [2.75, 3.05) is 27.3 Å². The summed E-state index contributed by atoms with van der Waals surface area (Å²) in [7, 11) is 3.18. The van der Waals surface area contributed by atoms with Gasteiger partial charge in [0.2, 0.25) is 5.91 Å². The number of aliphatic hydroxyl groups excluding tert-OH is 1. The number of hydrogen-bond donors (Lipinski definition) is 1. The molecule has 0 fully saturated rings.